The molecule has 0 bridgehead atoms. The maximum atomic E-state index is 10.8. The van der Waals surface area contributed by atoms with Crippen molar-refractivity contribution in [2.45, 2.75) is 6.92 Å². The zero-order valence-corrected chi connectivity index (χ0v) is 9.87. The van der Waals surface area contributed by atoms with Gasteiger partial charge in [0.15, 0.2) is 5.75 Å². The molecule has 5 heteroatoms. The van der Waals surface area contributed by atoms with Crippen molar-refractivity contribution in [1.29, 1.82) is 0 Å². The van der Waals surface area contributed by atoms with Gasteiger partial charge in [-0.15, -0.1) is 0 Å². The Morgan fingerprint density at radius 3 is 2.88 bits per heavy atom. The highest BCUT2D eigenvalue weighted by Gasteiger charge is 2.17. The summed E-state index contributed by atoms with van der Waals surface area (Å²) in [5.41, 5.74) is 1.37. The van der Waals surface area contributed by atoms with Gasteiger partial charge in [-0.2, -0.15) is 12.6 Å². The summed E-state index contributed by atoms with van der Waals surface area (Å²) >= 11 is 4.04. The third-order valence-corrected chi connectivity index (χ3v) is 2.49. The second-order valence-electron chi connectivity index (χ2n) is 3.38. The van der Waals surface area contributed by atoms with Gasteiger partial charge in [0.1, 0.15) is 6.61 Å². The van der Waals surface area contributed by atoms with Crippen molar-refractivity contribution in [2.24, 2.45) is 0 Å². The average Bonchev–Trinajstić information content (AvgIpc) is 2.25. The maximum absolute atomic E-state index is 10.8. The van der Waals surface area contributed by atoms with Crippen LogP contribution in [0.4, 0.5) is 5.69 Å². The molecule has 0 spiro atoms. The van der Waals surface area contributed by atoms with Gasteiger partial charge in [0, 0.05) is 11.3 Å². The molecule has 0 radical (unpaired) electrons. The second kappa shape index (κ2) is 5.55. The highest BCUT2D eigenvalue weighted by atomic mass is 32.1. The molecule has 0 aliphatic rings. The highest BCUT2D eigenvalue weighted by molar-refractivity contribution is 7.80. The van der Waals surface area contributed by atoms with Crippen LogP contribution in [-0.2, 0) is 0 Å². The van der Waals surface area contributed by atoms with Gasteiger partial charge < -0.3 is 4.74 Å². The maximum Gasteiger partial charge on any atom is 0.313 e. The Kier molecular flexibility index (Phi) is 4.37. The molecule has 86 valence electrons. The highest BCUT2D eigenvalue weighted by Crippen LogP contribution is 2.30. The van der Waals surface area contributed by atoms with Gasteiger partial charge in [-0.05, 0) is 18.6 Å². The zero-order chi connectivity index (χ0) is 12.1. The summed E-state index contributed by atoms with van der Waals surface area (Å²) in [4.78, 5) is 10.4. The van der Waals surface area contributed by atoms with Gasteiger partial charge in [0.05, 0.1) is 4.92 Å². The number of thiol groups is 1. The van der Waals surface area contributed by atoms with Crippen LogP contribution in [-0.4, -0.2) is 17.3 Å². The molecule has 0 atom stereocenters. The summed E-state index contributed by atoms with van der Waals surface area (Å²) in [6.45, 7) is 5.64. The van der Waals surface area contributed by atoms with Gasteiger partial charge in [0.25, 0.3) is 0 Å². The van der Waals surface area contributed by atoms with E-state index in [4.69, 9.17) is 4.74 Å². The molecular formula is C11H13NO3S. The Morgan fingerprint density at radius 1 is 1.62 bits per heavy atom. The first-order valence-electron chi connectivity index (χ1n) is 4.70. The predicted octanol–water partition coefficient (Wildman–Crippen LogP) is 2.77. The predicted molar refractivity (Wildman–Crippen MR) is 66.3 cm³/mol. The topological polar surface area (TPSA) is 52.4 Å². The van der Waals surface area contributed by atoms with Crippen LogP contribution in [0.3, 0.4) is 0 Å². The molecule has 0 heterocycles. The Morgan fingerprint density at radius 2 is 2.31 bits per heavy atom. The monoisotopic (exact) mass is 239 g/mol. The number of para-hydroxylation sites is 1. The summed E-state index contributed by atoms with van der Waals surface area (Å²) in [5.74, 6) is 0.771. The number of rotatable bonds is 5. The van der Waals surface area contributed by atoms with Crippen molar-refractivity contribution in [2.75, 3.05) is 12.4 Å². The summed E-state index contributed by atoms with van der Waals surface area (Å²) in [5, 5.41) is 10.8. The number of nitrogens with zero attached hydrogens (tertiary/aromatic N) is 1. The van der Waals surface area contributed by atoms with Crippen molar-refractivity contribution in [1.82, 2.24) is 0 Å². The Hall–Kier alpha value is -1.49. The van der Waals surface area contributed by atoms with E-state index in [-0.39, 0.29) is 18.0 Å². The number of hydrogen-bond donors (Lipinski definition) is 1. The number of benzene rings is 1. The fourth-order valence-electron chi connectivity index (χ4n) is 1.21. The summed E-state index contributed by atoms with van der Waals surface area (Å²) in [6, 6.07) is 4.98. The molecule has 0 aliphatic carbocycles. The van der Waals surface area contributed by atoms with Crippen LogP contribution in [0.5, 0.6) is 5.75 Å². The van der Waals surface area contributed by atoms with Crippen LogP contribution in [0.25, 0.3) is 0 Å². The molecule has 0 fully saturated rings. The standard InChI is InChI=1S/C11H13NO3S/c1-8(7-16)6-15-10-5-3-4-9(2)11(10)12(13)14/h3-5,16H,1,6-7H2,2H3. The van der Waals surface area contributed by atoms with E-state index in [1.807, 2.05) is 0 Å². The van der Waals surface area contributed by atoms with Gasteiger partial charge >= 0.3 is 5.69 Å². The molecule has 1 rings (SSSR count). The first-order chi connectivity index (χ1) is 7.56. The minimum Gasteiger partial charge on any atom is -0.482 e. The molecule has 16 heavy (non-hydrogen) atoms. The van der Waals surface area contributed by atoms with E-state index in [0.29, 0.717) is 11.3 Å². The molecule has 0 unspecified atom stereocenters. The first-order valence-corrected chi connectivity index (χ1v) is 5.33. The minimum atomic E-state index is -0.436. The third kappa shape index (κ3) is 3.00. The van der Waals surface area contributed by atoms with Crippen molar-refractivity contribution in [3.63, 3.8) is 0 Å². The van der Waals surface area contributed by atoms with E-state index in [1.165, 1.54) is 0 Å². The lowest BCUT2D eigenvalue weighted by atomic mass is 10.2. The Bertz CT molecular complexity index is 418. The molecule has 1 aromatic rings. The van der Waals surface area contributed by atoms with Gasteiger partial charge in [-0.3, -0.25) is 10.1 Å². The smallest absolute Gasteiger partial charge is 0.313 e. The van der Waals surface area contributed by atoms with Crippen molar-refractivity contribution in [3.8, 4) is 5.75 Å². The summed E-state index contributed by atoms with van der Waals surface area (Å²) in [7, 11) is 0. The number of ether oxygens (including phenoxy) is 1. The third-order valence-electron chi connectivity index (χ3n) is 2.04. The number of hydrogen-bond acceptors (Lipinski definition) is 4. The van der Waals surface area contributed by atoms with Crippen molar-refractivity contribution < 1.29 is 9.66 Å². The van der Waals surface area contributed by atoms with Crippen LogP contribution in [0.1, 0.15) is 5.56 Å². The zero-order valence-electron chi connectivity index (χ0n) is 8.97. The number of aryl methyl sites for hydroxylation is 1. The van der Waals surface area contributed by atoms with E-state index in [2.05, 4.69) is 19.2 Å². The lowest BCUT2D eigenvalue weighted by molar-refractivity contribution is -0.386. The van der Waals surface area contributed by atoms with E-state index in [9.17, 15) is 10.1 Å². The molecule has 0 N–H and O–H groups in total. The van der Waals surface area contributed by atoms with Crippen molar-refractivity contribution in [3.05, 3.63) is 46.0 Å². The van der Waals surface area contributed by atoms with Gasteiger partial charge in [0.2, 0.25) is 0 Å². The molecule has 0 amide bonds. The van der Waals surface area contributed by atoms with Crippen LogP contribution in [0.15, 0.2) is 30.4 Å². The number of nitro groups is 1. The fourth-order valence-corrected chi connectivity index (χ4v) is 1.30. The largest absolute Gasteiger partial charge is 0.482 e. The Balaban J connectivity index is 2.91. The normalized spacial score (nSPS) is 9.88. The molecule has 1 aromatic carbocycles. The average molecular weight is 239 g/mol. The lowest BCUT2D eigenvalue weighted by Crippen LogP contribution is -2.04. The minimum absolute atomic E-state index is 0.00876. The Labute approximate surface area is 99.5 Å². The quantitative estimate of drug-likeness (QED) is 0.372. The molecular weight excluding hydrogens is 226 g/mol. The molecule has 0 aliphatic heterocycles. The van der Waals surface area contributed by atoms with Crippen LogP contribution < -0.4 is 4.74 Å². The van der Waals surface area contributed by atoms with E-state index >= 15 is 0 Å². The van der Waals surface area contributed by atoms with Crippen LogP contribution in [0.2, 0.25) is 0 Å². The van der Waals surface area contributed by atoms with Crippen LogP contribution in [0, 0.1) is 17.0 Å². The summed E-state index contributed by atoms with van der Waals surface area (Å²) < 4.78 is 5.34. The van der Waals surface area contributed by atoms with Gasteiger partial charge in [-0.25, -0.2) is 0 Å². The van der Waals surface area contributed by atoms with Gasteiger partial charge in [-0.1, -0.05) is 18.7 Å². The number of nitro benzene ring substituents is 1. The van der Waals surface area contributed by atoms with E-state index in [0.717, 1.165) is 5.57 Å². The SMILES string of the molecule is C=C(CS)COc1cccc(C)c1[N+](=O)[O-]. The molecule has 0 aromatic heterocycles. The summed E-state index contributed by atoms with van der Waals surface area (Å²) in [6.07, 6.45) is 0. The first kappa shape index (κ1) is 12.6. The fraction of sp³-hybridized carbons (Fsp3) is 0.273. The van der Waals surface area contributed by atoms with Crippen molar-refractivity contribution >= 4 is 18.3 Å². The van der Waals surface area contributed by atoms with Crippen LogP contribution >= 0.6 is 12.6 Å². The molecule has 0 saturated heterocycles. The molecule has 0 saturated carbocycles. The molecule has 4 nitrogen and oxygen atoms in total. The van der Waals surface area contributed by atoms with E-state index in [1.54, 1.807) is 25.1 Å². The lowest BCUT2D eigenvalue weighted by Gasteiger charge is -2.08. The second-order valence-corrected chi connectivity index (χ2v) is 3.69. The van der Waals surface area contributed by atoms with E-state index < -0.39 is 4.92 Å².